The van der Waals surface area contributed by atoms with Crippen LogP contribution in [0.2, 0.25) is 0 Å². The van der Waals surface area contributed by atoms with Gasteiger partial charge in [0.15, 0.2) is 0 Å². The normalized spacial score (nSPS) is 13.1. The average Bonchev–Trinajstić information content (AvgIpc) is 2.66. The summed E-state index contributed by atoms with van der Waals surface area (Å²) in [6.07, 6.45) is 1.75. The molecular formula is C24H28IOP. The summed E-state index contributed by atoms with van der Waals surface area (Å²) in [5.41, 5.74) is 3.84. The molecule has 0 saturated heterocycles. The minimum absolute atomic E-state index is 0.213. The van der Waals surface area contributed by atoms with E-state index in [-0.39, 0.29) is 6.61 Å². The Morgan fingerprint density at radius 2 is 1.07 bits per heavy atom. The zero-order valence-corrected chi connectivity index (χ0v) is 19.4. The van der Waals surface area contributed by atoms with Crippen LogP contribution in [0.15, 0.2) is 72.8 Å². The fraction of sp³-hybridized carbons (Fsp3) is 0.250. The number of hydrogen-bond donors (Lipinski definition) is 1. The van der Waals surface area contributed by atoms with Gasteiger partial charge < -0.3 is 0 Å². The number of hydrogen-bond acceptors (Lipinski definition) is 1. The Hall–Kier alpha value is -1.22. The van der Waals surface area contributed by atoms with Crippen molar-refractivity contribution in [1.29, 1.82) is 0 Å². The van der Waals surface area contributed by atoms with Crippen LogP contribution in [0.5, 0.6) is 0 Å². The van der Waals surface area contributed by atoms with Gasteiger partial charge in [0.25, 0.3) is 0 Å². The van der Waals surface area contributed by atoms with Crippen LogP contribution in [0.1, 0.15) is 23.1 Å². The molecule has 3 heteroatoms. The first-order valence-electron chi connectivity index (χ1n) is 9.44. The van der Waals surface area contributed by atoms with Crippen molar-refractivity contribution in [1.82, 2.24) is 0 Å². The van der Waals surface area contributed by atoms with Crippen LogP contribution in [0.25, 0.3) is 0 Å². The average molecular weight is 490 g/mol. The van der Waals surface area contributed by atoms with E-state index in [1.165, 1.54) is 32.6 Å². The van der Waals surface area contributed by atoms with Crippen LogP contribution in [-0.2, 0) is 0 Å². The maximum atomic E-state index is 9.77. The maximum absolute atomic E-state index is 9.77. The minimum atomic E-state index is -2.74. The molecule has 3 rings (SSSR count). The summed E-state index contributed by atoms with van der Waals surface area (Å²) in [6.45, 7) is 6.71. The van der Waals surface area contributed by atoms with Gasteiger partial charge in [-0.3, -0.25) is 0 Å². The van der Waals surface area contributed by atoms with Crippen LogP contribution in [0.3, 0.4) is 0 Å². The van der Waals surface area contributed by atoms with Gasteiger partial charge in [-0.1, -0.05) is 0 Å². The second kappa shape index (κ2) is 8.03. The van der Waals surface area contributed by atoms with E-state index in [1.54, 1.807) is 0 Å². The summed E-state index contributed by atoms with van der Waals surface area (Å²) in [6, 6.07) is 27.0. The van der Waals surface area contributed by atoms with Crippen LogP contribution in [-0.4, -0.2) is 17.9 Å². The van der Waals surface area contributed by atoms with Gasteiger partial charge in [-0.2, -0.15) is 0 Å². The molecule has 142 valence electrons. The molecule has 0 amide bonds. The molecular weight excluding hydrogens is 462 g/mol. The molecule has 0 fully saturated rings. The Morgan fingerprint density at radius 3 is 1.37 bits per heavy atom. The molecule has 0 bridgehead atoms. The molecule has 0 radical (unpaired) electrons. The Kier molecular flexibility index (Phi) is 6.10. The van der Waals surface area contributed by atoms with Crippen molar-refractivity contribution in [3.05, 3.63) is 89.5 Å². The third-order valence-electron chi connectivity index (χ3n) is 5.36. The van der Waals surface area contributed by atoms with E-state index in [1.807, 2.05) is 0 Å². The Morgan fingerprint density at radius 1 is 0.704 bits per heavy atom. The van der Waals surface area contributed by atoms with E-state index in [2.05, 4.69) is 116 Å². The van der Waals surface area contributed by atoms with Gasteiger partial charge in [-0.15, -0.1) is 0 Å². The molecule has 1 nitrogen and oxygen atoms in total. The van der Waals surface area contributed by atoms with Gasteiger partial charge in [0.05, 0.1) is 0 Å². The zero-order chi connectivity index (χ0) is 19.5. The summed E-state index contributed by atoms with van der Waals surface area (Å²) < 4.78 is -2.74. The molecule has 0 unspecified atom stereocenters. The number of aliphatic hydroxyl groups is 1. The second-order valence-corrected chi connectivity index (χ2v) is 18.3. The van der Waals surface area contributed by atoms with Crippen molar-refractivity contribution in [3.8, 4) is 0 Å². The molecule has 1 N–H and O–H groups in total. The molecule has 0 atom stereocenters. The number of halogens is 1. The topological polar surface area (TPSA) is 20.2 Å². The molecule has 0 aliphatic carbocycles. The summed E-state index contributed by atoms with van der Waals surface area (Å²) in [7, 11) is 0. The first kappa shape index (κ1) is 20.5. The first-order valence-corrected chi connectivity index (χ1v) is 14.6. The quantitative estimate of drug-likeness (QED) is 0.373. The van der Waals surface area contributed by atoms with Gasteiger partial charge in [0, 0.05) is 0 Å². The van der Waals surface area contributed by atoms with Crippen LogP contribution in [0, 0.1) is 20.8 Å². The third-order valence-corrected chi connectivity index (χ3v) is 17.0. The molecule has 0 aliphatic heterocycles. The van der Waals surface area contributed by atoms with Crippen LogP contribution in [0.4, 0.5) is 0 Å². The van der Waals surface area contributed by atoms with E-state index in [9.17, 15) is 5.11 Å². The molecule has 27 heavy (non-hydrogen) atoms. The zero-order valence-electron chi connectivity index (χ0n) is 16.3. The predicted molar refractivity (Wildman–Crippen MR) is 130 cm³/mol. The SMILES string of the molecule is Cc1cccc(P(I)(CCCO)(c2cccc(C)c2)c2cccc(C)c2)c1. The molecule has 0 heterocycles. The van der Waals surface area contributed by atoms with Crippen LogP contribution >= 0.6 is 26.3 Å². The first-order chi connectivity index (χ1) is 12.9. The van der Waals surface area contributed by atoms with Crippen molar-refractivity contribution < 1.29 is 5.11 Å². The molecule has 0 aromatic heterocycles. The summed E-state index contributed by atoms with van der Waals surface area (Å²) in [4.78, 5) is 0. The molecule has 3 aromatic rings. The number of benzene rings is 3. The van der Waals surface area contributed by atoms with E-state index in [0.29, 0.717) is 0 Å². The van der Waals surface area contributed by atoms with Gasteiger partial charge in [-0.05, 0) is 0 Å². The van der Waals surface area contributed by atoms with E-state index in [0.717, 1.165) is 12.6 Å². The van der Waals surface area contributed by atoms with Crippen molar-refractivity contribution >= 4 is 42.2 Å². The van der Waals surface area contributed by atoms with E-state index >= 15 is 0 Å². The second-order valence-electron chi connectivity index (χ2n) is 7.50. The Bertz CT molecular complexity index is 837. The van der Waals surface area contributed by atoms with Gasteiger partial charge in [0.1, 0.15) is 0 Å². The summed E-state index contributed by atoms with van der Waals surface area (Å²) in [5, 5.41) is 14.0. The third kappa shape index (κ3) is 3.72. The number of rotatable bonds is 6. The molecule has 3 aromatic carbocycles. The van der Waals surface area contributed by atoms with E-state index in [4.69, 9.17) is 0 Å². The molecule has 0 aliphatic rings. The summed E-state index contributed by atoms with van der Waals surface area (Å²) >= 11 is 2.80. The standard InChI is InChI=1S/C24H28IOP/c1-19-8-4-11-22(16-19)27(25,15-7-14-26,23-12-5-9-20(2)17-23)24-13-6-10-21(3)18-24/h4-6,8-13,16-18,26H,7,14-15H2,1-3H3. The van der Waals surface area contributed by atoms with Crippen molar-refractivity contribution in [3.63, 3.8) is 0 Å². The van der Waals surface area contributed by atoms with Crippen molar-refractivity contribution in [2.45, 2.75) is 27.2 Å². The Balaban J connectivity index is 2.45. The number of aryl methyl sites for hydroxylation is 3. The van der Waals surface area contributed by atoms with Crippen molar-refractivity contribution in [2.24, 2.45) is 0 Å². The fourth-order valence-electron chi connectivity index (χ4n) is 3.96. The fourth-order valence-corrected chi connectivity index (χ4v) is 12.7. The predicted octanol–water partition coefficient (Wildman–Crippen LogP) is 5.17. The number of aliphatic hydroxyl groups excluding tert-OH is 1. The van der Waals surface area contributed by atoms with Crippen molar-refractivity contribution in [2.75, 3.05) is 12.8 Å². The van der Waals surface area contributed by atoms with Gasteiger partial charge in [0.2, 0.25) is 0 Å². The van der Waals surface area contributed by atoms with Crippen LogP contribution < -0.4 is 15.9 Å². The Labute approximate surface area is 176 Å². The van der Waals surface area contributed by atoms with Gasteiger partial charge >= 0.3 is 177 Å². The van der Waals surface area contributed by atoms with E-state index < -0.39 is 4.25 Å². The van der Waals surface area contributed by atoms with Gasteiger partial charge in [-0.25, -0.2) is 0 Å². The monoisotopic (exact) mass is 490 g/mol. The molecule has 0 spiro atoms. The summed E-state index contributed by atoms with van der Waals surface area (Å²) in [5.74, 6) is 0. The molecule has 0 saturated carbocycles.